The van der Waals surface area contributed by atoms with Crippen molar-refractivity contribution >= 4 is 5.65 Å². The Kier molecular flexibility index (Phi) is 1.88. The molecule has 2 aromatic rings. The number of fused-ring (bicyclic) bond motifs is 1. The molecule has 1 N–H and O–H groups in total. The monoisotopic (exact) mass is 177 g/mol. The Balaban J connectivity index is 2.63. The van der Waals surface area contributed by atoms with Gasteiger partial charge >= 0.3 is 0 Å². The summed E-state index contributed by atoms with van der Waals surface area (Å²) in [5.41, 5.74) is 1.70. The SMILES string of the molecule is CCCc1cc(=O)n2[nH]cnc2c1. The minimum atomic E-state index is -0.0431. The summed E-state index contributed by atoms with van der Waals surface area (Å²) in [5, 5.41) is 2.75. The zero-order valence-corrected chi connectivity index (χ0v) is 7.45. The maximum atomic E-state index is 11.4. The molecule has 2 aromatic heterocycles. The normalized spacial score (nSPS) is 10.8. The van der Waals surface area contributed by atoms with Crippen molar-refractivity contribution in [3.05, 3.63) is 34.4 Å². The Bertz CT molecular complexity index is 469. The summed E-state index contributed by atoms with van der Waals surface area (Å²) in [7, 11) is 0. The molecule has 13 heavy (non-hydrogen) atoms. The zero-order valence-electron chi connectivity index (χ0n) is 7.45. The Morgan fingerprint density at radius 3 is 3.15 bits per heavy atom. The smallest absolute Gasteiger partial charge is 0.271 e. The molecule has 0 aliphatic heterocycles. The fourth-order valence-electron chi connectivity index (χ4n) is 1.42. The molecule has 0 aromatic carbocycles. The molecular formula is C9H11N3O. The van der Waals surface area contributed by atoms with E-state index in [2.05, 4.69) is 17.0 Å². The molecule has 0 radical (unpaired) electrons. The van der Waals surface area contributed by atoms with Crippen LogP contribution in [0.15, 0.2) is 23.3 Å². The topological polar surface area (TPSA) is 50.2 Å². The van der Waals surface area contributed by atoms with Crippen LogP contribution in [0.1, 0.15) is 18.9 Å². The molecule has 0 aliphatic carbocycles. The molecule has 0 saturated heterocycles. The van der Waals surface area contributed by atoms with Gasteiger partial charge in [-0.2, -0.15) is 0 Å². The number of nitrogens with zero attached hydrogens (tertiary/aromatic N) is 2. The average Bonchev–Trinajstić information content (AvgIpc) is 2.53. The van der Waals surface area contributed by atoms with Gasteiger partial charge in [0.05, 0.1) is 0 Å². The van der Waals surface area contributed by atoms with E-state index >= 15 is 0 Å². The molecule has 68 valence electrons. The summed E-state index contributed by atoms with van der Waals surface area (Å²) in [4.78, 5) is 15.5. The Labute approximate surface area is 75.2 Å². The molecule has 0 aliphatic rings. The third kappa shape index (κ3) is 1.35. The molecular weight excluding hydrogens is 166 g/mol. The molecule has 0 unspecified atom stereocenters. The van der Waals surface area contributed by atoms with E-state index in [1.54, 1.807) is 6.07 Å². The molecule has 2 heterocycles. The van der Waals surface area contributed by atoms with Crippen molar-refractivity contribution in [3.63, 3.8) is 0 Å². The van der Waals surface area contributed by atoms with Crippen LogP contribution < -0.4 is 5.56 Å². The van der Waals surface area contributed by atoms with Gasteiger partial charge in [-0.15, -0.1) is 0 Å². The third-order valence-corrected chi connectivity index (χ3v) is 2.00. The number of H-pyrrole nitrogens is 1. The van der Waals surface area contributed by atoms with E-state index in [4.69, 9.17) is 0 Å². The van der Waals surface area contributed by atoms with E-state index in [0.717, 1.165) is 18.4 Å². The van der Waals surface area contributed by atoms with Gasteiger partial charge in [-0.25, -0.2) is 9.50 Å². The van der Waals surface area contributed by atoms with Gasteiger partial charge in [-0.3, -0.25) is 9.89 Å². The van der Waals surface area contributed by atoms with Crippen LogP contribution in [-0.4, -0.2) is 14.6 Å². The van der Waals surface area contributed by atoms with Crippen LogP contribution in [0.5, 0.6) is 0 Å². The number of hydrogen-bond donors (Lipinski definition) is 1. The lowest BCUT2D eigenvalue weighted by atomic mass is 10.1. The van der Waals surface area contributed by atoms with Crippen molar-refractivity contribution in [1.29, 1.82) is 0 Å². The molecule has 0 amide bonds. The van der Waals surface area contributed by atoms with Crippen LogP contribution in [0.4, 0.5) is 0 Å². The molecule has 0 fully saturated rings. The second kappa shape index (κ2) is 3.05. The fourth-order valence-corrected chi connectivity index (χ4v) is 1.42. The van der Waals surface area contributed by atoms with E-state index in [1.165, 1.54) is 10.8 Å². The van der Waals surface area contributed by atoms with E-state index in [-0.39, 0.29) is 5.56 Å². The number of aromatic amines is 1. The van der Waals surface area contributed by atoms with E-state index in [0.29, 0.717) is 5.65 Å². The summed E-state index contributed by atoms with van der Waals surface area (Å²) in [6.07, 6.45) is 3.49. The summed E-state index contributed by atoms with van der Waals surface area (Å²) < 4.78 is 1.43. The number of aromatic nitrogens is 3. The third-order valence-electron chi connectivity index (χ3n) is 2.00. The predicted molar refractivity (Wildman–Crippen MR) is 49.8 cm³/mol. The number of hydrogen-bond acceptors (Lipinski definition) is 2. The van der Waals surface area contributed by atoms with Crippen LogP contribution in [0.25, 0.3) is 5.65 Å². The van der Waals surface area contributed by atoms with Crippen molar-refractivity contribution in [2.75, 3.05) is 0 Å². The van der Waals surface area contributed by atoms with Crippen LogP contribution >= 0.6 is 0 Å². The number of aryl methyl sites for hydroxylation is 1. The van der Waals surface area contributed by atoms with Crippen molar-refractivity contribution in [1.82, 2.24) is 14.6 Å². The lowest BCUT2D eigenvalue weighted by Crippen LogP contribution is -2.13. The summed E-state index contributed by atoms with van der Waals surface area (Å²) in [6.45, 7) is 2.09. The van der Waals surface area contributed by atoms with E-state index in [9.17, 15) is 4.79 Å². The molecule has 0 saturated carbocycles. The van der Waals surface area contributed by atoms with Crippen LogP contribution in [0, 0.1) is 0 Å². The lowest BCUT2D eigenvalue weighted by Gasteiger charge is -1.97. The molecule has 4 nitrogen and oxygen atoms in total. The second-order valence-electron chi connectivity index (χ2n) is 3.03. The maximum Gasteiger partial charge on any atom is 0.271 e. The standard InChI is InChI=1S/C9H11N3O/c1-2-3-7-4-8-10-6-11-12(8)9(13)5-7/h4-6H,2-3H2,1H3,(H,10,11). The van der Waals surface area contributed by atoms with Gasteiger partial charge in [0.2, 0.25) is 0 Å². The molecule has 0 atom stereocenters. The largest absolute Gasteiger partial charge is 0.279 e. The Hall–Kier alpha value is -1.58. The molecule has 4 heteroatoms. The van der Waals surface area contributed by atoms with E-state index in [1.807, 2.05) is 6.07 Å². The minimum absolute atomic E-state index is 0.0431. The first-order valence-electron chi connectivity index (χ1n) is 4.36. The first kappa shape index (κ1) is 8.04. The summed E-state index contributed by atoms with van der Waals surface area (Å²) in [6, 6.07) is 3.58. The number of pyridine rings is 1. The van der Waals surface area contributed by atoms with Crippen molar-refractivity contribution < 1.29 is 0 Å². The number of nitrogens with one attached hydrogen (secondary N) is 1. The quantitative estimate of drug-likeness (QED) is 0.743. The second-order valence-corrected chi connectivity index (χ2v) is 3.03. The summed E-state index contributed by atoms with van der Waals surface area (Å²) in [5.74, 6) is 0. The first-order valence-corrected chi connectivity index (χ1v) is 4.36. The van der Waals surface area contributed by atoms with Gasteiger partial charge in [0.15, 0.2) is 5.65 Å². The fraction of sp³-hybridized carbons (Fsp3) is 0.333. The number of rotatable bonds is 2. The maximum absolute atomic E-state index is 11.4. The highest BCUT2D eigenvalue weighted by Gasteiger charge is 2.00. The van der Waals surface area contributed by atoms with Crippen molar-refractivity contribution in [3.8, 4) is 0 Å². The van der Waals surface area contributed by atoms with Gasteiger partial charge in [0.1, 0.15) is 6.33 Å². The predicted octanol–water partition coefficient (Wildman–Crippen LogP) is 0.975. The Morgan fingerprint density at radius 1 is 1.54 bits per heavy atom. The van der Waals surface area contributed by atoms with Gasteiger partial charge in [0, 0.05) is 6.07 Å². The van der Waals surface area contributed by atoms with Gasteiger partial charge < -0.3 is 0 Å². The summed E-state index contributed by atoms with van der Waals surface area (Å²) >= 11 is 0. The minimum Gasteiger partial charge on any atom is -0.279 e. The van der Waals surface area contributed by atoms with Crippen LogP contribution in [-0.2, 0) is 6.42 Å². The first-order chi connectivity index (χ1) is 6.31. The van der Waals surface area contributed by atoms with Crippen LogP contribution in [0.3, 0.4) is 0 Å². The van der Waals surface area contributed by atoms with Crippen molar-refractivity contribution in [2.45, 2.75) is 19.8 Å². The highest BCUT2D eigenvalue weighted by molar-refractivity contribution is 5.39. The van der Waals surface area contributed by atoms with Crippen LogP contribution in [0.2, 0.25) is 0 Å². The van der Waals surface area contributed by atoms with Gasteiger partial charge in [0.25, 0.3) is 5.56 Å². The molecule has 2 rings (SSSR count). The molecule has 0 spiro atoms. The van der Waals surface area contributed by atoms with Gasteiger partial charge in [-0.05, 0) is 18.1 Å². The highest BCUT2D eigenvalue weighted by Crippen LogP contribution is 2.02. The average molecular weight is 177 g/mol. The van der Waals surface area contributed by atoms with Crippen molar-refractivity contribution in [2.24, 2.45) is 0 Å². The molecule has 0 bridgehead atoms. The zero-order chi connectivity index (χ0) is 9.26. The van der Waals surface area contributed by atoms with E-state index < -0.39 is 0 Å². The van der Waals surface area contributed by atoms with Gasteiger partial charge in [-0.1, -0.05) is 13.3 Å². The Morgan fingerprint density at radius 2 is 2.38 bits per heavy atom. The lowest BCUT2D eigenvalue weighted by molar-refractivity contribution is 0.882. The highest BCUT2D eigenvalue weighted by atomic mass is 16.1.